The number of rotatable bonds is 12. The van der Waals surface area contributed by atoms with Gasteiger partial charge in [-0.15, -0.1) is 0 Å². The Balaban J connectivity index is 0.000000140. The van der Waals surface area contributed by atoms with Crippen LogP contribution in [-0.2, 0) is 0 Å². The lowest BCUT2D eigenvalue weighted by Gasteiger charge is -2.02. The van der Waals surface area contributed by atoms with Gasteiger partial charge in [-0.25, -0.2) is 36.7 Å². The number of hydrogen-bond donors (Lipinski definition) is 8. The predicted octanol–water partition coefficient (Wildman–Crippen LogP) is 11.8. The van der Waals surface area contributed by atoms with Gasteiger partial charge in [-0.05, 0) is 115 Å². The molecule has 0 radical (unpaired) electrons. The molecule has 8 N–H and O–H groups in total. The normalized spacial score (nSPS) is 10.6. The highest BCUT2D eigenvalue weighted by Gasteiger charge is 2.23. The van der Waals surface area contributed by atoms with Crippen LogP contribution in [0, 0.1) is 23.3 Å². The van der Waals surface area contributed by atoms with Crippen LogP contribution < -0.4 is 0 Å². The van der Waals surface area contributed by atoms with Crippen molar-refractivity contribution in [1.82, 2.24) is 40.6 Å². The van der Waals surface area contributed by atoms with Crippen molar-refractivity contribution in [3.05, 3.63) is 215 Å². The van der Waals surface area contributed by atoms with Crippen LogP contribution in [-0.4, -0.2) is 105 Å². The minimum Gasteiger partial charge on any atom is -0.508 e. The summed E-state index contributed by atoms with van der Waals surface area (Å²) in [5.74, 6) is -8.36. The molecule has 88 heavy (non-hydrogen) atoms. The number of phenolic OH excluding ortho intramolecular Hbond substituents is 2. The molecule has 0 spiro atoms. The van der Waals surface area contributed by atoms with Crippen LogP contribution in [0.3, 0.4) is 0 Å². The van der Waals surface area contributed by atoms with E-state index in [0.29, 0.717) is 5.56 Å². The van der Waals surface area contributed by atoms with Crippen molar-refractivity contribution in [3.63, 3.8) is 0 Å². The Bertz CT molecular complexity index is 4490. The summed E-state index contributed by atoms with van der Waals surface area (Å²) in [5.41, 5.74) is 0.577. The molecule has 24 nitrogen and oxygen atoms in total. The summed E-state index contributed by atoms with van der Waals surface area (Å²) >= 11 is 0. The summed E-state index contributed by atoms with van der Waals surface area (Å²) in [6, 6.07) is 38.9. The van der Waals surface area contributed by atoms with E-state index in [1.54, 1.807) is 24.3 Å². The maximum atomic E-state index is 13.7. The Labute approximate surface area is 488 Å². The minimum atomic E-state index is -1.28. The van der Waals surface area contributed by atoms with E-state index in [2.05, 4.69) is 40.6 Å². The lowest BCUT2D eigenvalue weighted by atomic mass is 10.1. The second-order valence-corrected chi connectivity index (χ2v) is 17.8. The van der Waals surface area contributed by atoms with Gasteiger partial charge in [-0.1, -0.05) is 75.2 Å². The Morgan fingerprint density at radius 3 is 1.17 bits per heavy atom. The Morgan fingerprint density at radius 2 is 0.727 bits per heavy atom. The van der Waals surface area contributed by atoms with Gasteiger partial charge in [0.25, 0.3) is 23.6 Å². The molecule has 0 unspecified atom stereocenters. The summed E-state index contributed by atoms with van der Waals surface area (Å²) in [7, 11) is 0. The van der Waals surface area contributed by atoms with Crippen LogP contribution in [0.25, 0.3) is 91.4 Å². The SMILES string of the molecule is O=C(O)c1cc(-c2noc(-c3ccccc3F)n2)ccc1O.O=C(O)c1cc(O)cc(-c2noc(-c3ccccc3F)n2)c1.O=C(O)c1ccc(O)c(-c2noc(-c3ccccc3F)n2)c1.O=C(O)c1cccc(-c2noc(-c3ccccc3F)n2)c1O. The molecule has 0 fully saturated rings. The topological polar surface area (TPSA) is 386 Å². The molecule has 4 aromatic heterocycles. The molecule has 0 atom stereocenters. The molecule has 12 rings (SSSR count). The summed E-state index contributed by atoms with van der Waals surface area (Å²) < 4.78 is 74.7. The Kier molecular flexibility index (Phi) is 17.7. The van der Waals surface area contributed by atoms with Crippen molar-refractivity contribution < 1.29 is 95.7 Å². The number of hydrogen-bond acceptors (Lipinski definition) is 20. The van der Waals surface area contributed by atoms with Crippen molar-refractivity contribution in [2.24, 2.45) is 0 Å². The van der Waals surface area contributed by atoms with Crippen molar-refractivity contribution >= 4 is 23.9 Å². The van der Waals surface area contributed by atoms with Gasteiger partial charge in [-0.2, -0.15) is 19.9 Å². The highest BCUT2D eigenvalue weighted by atomic mass is 19.1. The minimum absolute atomic E-state index is 0.0157. The van der Waals surface area contributed by atoms with Gasteiger partial charge in [0, 0.05) is 11.1 Å². The molecule has 8 aromatic carbocycles. The molecule has 0 aliphatic heterocycles. The first-order chi connectivity index (χ1) is 42.2. The molecule has 0 amide bonds. The fourth-order valence-electron chi connectivity index (χ4n) is 7.78. The predicted molar refractivity (Wildman–Crippen MR) is 295 cm³/mol. The third-order valence-electron chi connectivity index (χ3n) is 12.0. The van der Waals surface area contributed by atoms with E-state index in [0.717, 1.165) is 6.07 Å². The fourth-order valence-corrected chi connectivity index (χ4v) is 7.78. The van der Waals surface area contributed by atoms with Crippen LogP contribution >= 0.6 is 0 Å². The molecule has 0 saturated heterocycles. The standard InChI is InChI=1S/4C15H9FN2O4/c16-11-7-2-1-4-8(11)14-17-13(18-22-14)9-5-3-6-10(12(9)19)15(20)21;16-12-4-2-1-3-11(12)14-17-13(18-22-14)8-5-9(15(20)21)7-10(19)6-8;16-11-4-2-1-3-9(11)14-17-13(18-22-14)10-7-8(15(20)21)5-6-12(10)19;16-11-4-2-1-3-9(11)14-17-13(18-22-14)8-5-6-12(19)10(7-8)15(20)21/h4*1-7,19H,(H,20,21). The zero-order valence-corrected chi connectivity index (χ0v) is 44.1. The number of aromatic carboxylic acids is 4. The zero-order valence-electron chi connectivity index (χ0n) is 44.1. The van der Waals surface area contributed by atoms with E-state index < -0.39 is 52.9 Å². The molecule has 28 heteroatoms. The third-order valence-corrected chi connectivity index (χ3v) is 12.0. The van der Waals surface area contributed by atoms with Crippen molar-refractivity contribution in [1.29, 1.82) is 0 Å². The maximum Gasteiger partial charge on any atom is 0.339 e. The Hall–Kier alpha value is -12.9. The zero-order chi connectivity index (χ0) is 62.8. The summed E-state index contributed by atoms with van der Waals surface area (Å²) in [4.78, 5) is 60.0. The molecule has 4 heterocycles. The number of carboxylic acid groups (broad SMARTS) is 4. The van der Waals surface area contributed by atoms with Crippen LogP contribution in [0.2, 0.25) is 0 Å². The van der Waals surface area contributed by atoms with Crippen LogP contribution in [0.5, 0.6) is 23.0 Å². The Morgan fingerprint density at radius 1 is 0.330 bits per heavy atom. The number of carbonyl (C=O) groups is 4. The van der Waals surface area contributed by atoms with Crippen molar-refractivity contribution in [2.45, 2.75) is 0 Å². The molecular formula is C60H36F4N8O16. The molecular weight excluding hydrogens is 1160 g/mol. The van der Waals surface area contributed by atoms with E-state index in [-0.39, 0.29) is 125 Å². The number of para-hydroxylation sites is 1. The lowest BCUT2D eigenvalue weighted by Crippen LogP contribution is -1.97. The number of halogens is 4. The molecule has 0 aliphatic carbocycles. The first kappa shape index (κ1) is 59.7. The highest BCUT2D eigenvalue weighted by molar-refractivity contribution is 5.94. The van der Waals surface area contributed by atoms with Crippen molar-refractivity contribution in [2.75, 3.05) is 0 Å². The number of carboxylic acids is 4. The van der Waals surface area contributed by atoms with Gasteiger partial charge >= 0.3 is 23.9 Å². The number of phenols is 4. The van der Waals surface area contributed by atoms with E-state index in [9.17, 15) is 57.2 Å². The lowest BCUT2D eigenvalue weighted by molar-refractivity contribution is 0.0682. The first-order valence-electron chi connectivity index (χ1n) is 24.9. The van der Waals surface area contributed by atoms with Gasteiger partial charge in [0.2, 0.25) is 23.3 Å². The quantitative estimate of drug-likeness (QED) is 0.0527. The molecule has 0 bridgehead atoms. The van der Waals surface area contributed by atoms with Crippen LogP contribution in [0.1, 0.15) is 41.4 Å². The molecule has 12 aromatic rings. The van der Waals surface area contributed by atoms with Gasteiger partial charge in [-0.3, -0.25) is 0 Å². The summed E-state index contributed by atoms with van der Waals surface area (Å²) in [6.45, 7) is 0. The number of benzene rings is 8. The van der Waals surface area contributed by atoms with E-state index in [4.69, 9.17) is 38.5 Å². The van der Waals surface area contributed by atoms with Gasteiger partial charge in [0.05, 0.1) is 44.5 Å². The second-order valence-electron chi connectivity index (χ2n) is 17.8. The molecule has 0 aliphatic rings. The molecule has 0 saturated carbocycles. The average Bonchev–Trinajstić information content (AvgIpc) is 3.04. The first-order valence-corrected chi connectivity index (χ1v) is 24.9. The number of nitrogens with zero attached hydrogens (tertiary/aromatic N) is 8. The van der Waals surface area contributed by atoms with E-state index in [1.165, 1.54) is 140 Å². The summed E-state index contributed by atoms with van der Waals surface area (Å²) in [6.07, 6.45) is 0. The van der Waals surface area contributed by atoms with Crippen molar-refractivity contribution in [3.8, 4) is 114 Å². The van der Waals surface area contributed by atoms with E-state index in [1.807, 2.05) is 0 Å². The summed E-state index contributed by atoms with van der Waals surface area (Å²) in [5, 5.41) is 89.5. The smallest absolute Gasteiger partial charge is 0.339 e. The third kappa shape index (κ3) is 13.6. The highest BCUT2D eigenvalue weighted by Crippen LogP contribution is 2.35. The fraction of sp³-hybridized carbons (Fsp3) is 0. The average molecular weight is 1200 g/mol. The van der Waals surface area contributed by atoms with Gasteiger partial charge in [0.15, 0.2) is 0 Å². The molecule has 440 valence electrons. The van der Waals surface area contributed by atoms with Gasteiger partial charge < -0.3 is 58.9 Å². The number of aromatic nitrogens is 8. The van der Waals surface area contributed by atoms with E-state index >= 15 is 0 Å². The second kappa shape index (κ2) is 26.1. The van der Waals surface area contributed by atoms with Crippen LogP contribution in [0.15, 0.2) is 188 Å². The monoisotopic (exact) mass is 1200 g/mol. The maximum absolute atomic E-state index is 13.7. The van der Waals surface area contributed by atoms with Crippen LogP contribution in [0.4, 0.5) is 17.6 Å². The van der Waals surface area contributed by atoms with Gasteiger partial charge in [0.1, 0.15) is 57.4 Å². The largest absolute Gasteiger partial charge is 0.508 e. The number of aromatic hydroxyl groups is 4.